The van der Waals surface area contributed by atoms with E-state index in [-0.39, 0.29) is 23.4 Å². The number of aliphatic hydroxyl groups excluding tert-OH is 1. The quantitative estimate of drug-likeness (QED) is 0.590. The van der Waals surface area contributed by atoms with Crippen LogP contribution in [0.4, 0.5) is 0 Å². The standard InChI is InChI=1S/C26H44O4/c1-15(6-9-22(28)29)18-7-8-19-23-20(10-11-24(18,19)3)25(4)13-16(2)26(5,30)14-17(25)12-21(23)27/h15-21,23,27,30H,6-14H2,1-5H3,(H,28,29)/t15-,16?,17-,18-,19+,20+,21-,23+,24-,25+,26+/m1/s1. The third kappa shape index (κ3) is 3.36. The molecule has 4 heteroatoms. The van der Waals surface area contributed by atoms with Crippen LogP contribution in [0.5, 0.6) is 0 Å². The fourth-order valence-corrected chi connectivity index (χ4v) is 9.26. The van der Waals surface area contributed by atoms with Crippen molar-refractivity contribution in [3.63, 3.8) is 0 Å². The van der Waals surface area contributed by atoms with E-state index >= 15 is 0 Å². The second-order valence-corrected chi connectivity index (χ2v) is 12.6. The molecule has 0 aromatic carbocycles. The molecule has 11 atom stereocenters. The number of carboxylic acids is 1. The number of carbonyl (C=O) groups is 1. The van der Waals surface area contributed by atoms with E-state index in [1.165, 1.54) is 25.7 Å². The van der Waals surface area contributed by atoms with E-state index in [2.05, 4.69) is 27.7 Å². The summed E-state index contributed by atoms with van der Waals surface area (Å²) >= 11 is 0. The molecule has 3 N–H and O–H groups in total. The SMILES string of the molecule is CC1C[C@@]2(C)[C@H](C[C@@H](O)[C@@H]3[C@@H]2CC[C@]2(C)[C@@H]([C@H](C)CCC(=O)O)CC[C@@H]32)C[C@]1(C)O. The number of hydrogen-bond acceptors (Lipinski definition) is 3. The van der Waals surface area contributed by atoms with Crippen molar-refractivity contribution < 1.29 is 20.1 Å². The van der Waals surface area contributed by atoms with E-state index in [0.717, 1.165) is 25.7 Å². The van der Waals surface area contributed by atoms with Crippen molar-refractivity contribution in [2.24, 2.45) is 52.3 Å². The van der Waals surface area contributed by atoms with Crippen LogP contribution < -0.4 is 0 Å². The van der Waals surface area contributed by atoms with Crippen LogP contribution in [0, 0.1) is 52.3 Å². The number of carboxylic acid groups (broad SMARTS) is 1. The normalized spacial score (nSPS) is 54.0. The van der Waals surface area contributed by atoms with Crippen LogP contribution in [0.2, 0.25) is 0 Å². The predicted octanol–water partition coefficient (Wildman–Crippen LogP) is 5.11. The second-order valence-electron chi connectivity index (χ2n) is 12.6. The van der Waals surface area contributed by atoms with Gasteiger partial charge in [-0.15, -0.1) is 0 Å². The summed E-state index contributed by atoms with van der Waals surface area (Å²) in [7, 11) is 0. The maximum atomic E-state index is 11.4. The number of fused-ring (bicyclic) bond motifs is 5. The molecule has 0 heterocycles. The van der Waals surface area contributed by atoms with Crippen LogP contribution in [0.1, 0.15) is 92.4 Å². The molecule has 4 rings (SSSR count). The van der Waals surface area contributed by atoms with Crippen molar-refractivity contribution in [1.82, 2.24) is 0 Å². The van der Waals surface area contributed by atoms with Crippen molar-refractivity contribution >= 4 is 5.97 Å². The molecule has 1 unspecified atom stereocenters. The minimum Gasteiger partial charge on any atom is -0.481 e. The van der Waals surface area contributed by atoms with E-state index in [1.54, 1.807) is 0 Å². The lowest BCUT2D eigenvalue weighted by molar-refractivity contribution is -0.199. The monoisotopic (exact) mass is 420 g/mol. The van der Waals surface area contributed by atoms with Gasteiger partial charge >= 0.3 is 5.97 Å². The molecule has 4 aliphatic rings. The van der Waals surface area contributed by atoms with Gasteiger partial charge in [0.2, 0.25) is 0 Å². The Hall–Kier alpha value is -0.610. The minimum atomic E-state index is -0.686. The summed E-state index contributed by atoms with van der Waals surface area (Å²) in [6.45, 7) is 11.4. The largest absolute Gasteiger partial charge is 0.481 e. The molecule has 0 spiro atoms. The Morgan fingerprint density at radius 2 is 1.73 bits per heavy atom. The third-order valence-electron chi connectivity index (χ3n) is 11.1. The summed E-state index contributed by atoms with van der Waals surface area (Å²) in [4.78, 5) is 11.1. The van der Waals surface area contributed by atoms with Gasteiger partial charge in [-0.05, 0) is 111 Å². The summed E-state index contributed by atoms with van der Waals surface area (Å²) in [5.41, 5.74) is -0.160. The minimum absolute atomic E-state index is 0.222. The Bertz CT molecular complexity index is 674. The fraction of sp³-hybridized carbons (Fsp3) is 0.962. The van der Waals surface area contributed by atoms with E-state index in [9.17, 15) is 15.0 Å². The molecule has 0 radical (unpaired) electrons. The van der Waals surface area contributed by atoms with Gasteiger partial charge in [0.15, 0.2) is 0 Å². The molecule has 4 aliphatic carbocycles. The lowest BCUT2D eigenvalue weighted by Gasteiger charge is -2.64. The average molecular weight is 421 g/mol. The number of aliphatic hydroxyl groups is 2. The van der Waals surface area contributed by atoms with Gasteiger partial charge in [-0.1, -0.05) is 27.7 Å². The molecule has 0 saturated heterocycles. The summed E-state index contributed by atoms with van der Waals surface area (Å²) in [6, 6.07) is 0. The lowest BCUT2D eigenvalue weighted by Crippen LogP contribution is -2.61. The molecule has 4 saturated carbocycles. The molecule has 0 bridgehead atoms. The molecule has 0 amide bonds. The van der Waals surface area contributed by atoms with E-state index in [1.807, 2.05) is 6.92 Å². The Morgan fingerprint density at radius 1 is 1.07 bits per heavy atom. The van der Waals surface area contributed by atoms with E-state index in [0.29, 0.717) is 41.4 Å². The molecule has 4 nitrogen and oxygen atoms in total. The topological polar surface area (TPSA) is 77.8 Å². The Morgan fingerprint density at radius 3 is 2.40 bits per heavy atom. The van der Waals surface area contributed by atoms with Gasteiger partial charge in [-0.25, -0.2) is 0 Å². The first-order valence-electron chi connectivity index (χ1n) is 12.5. The second kappa shape index (κ2) is 7.47. The van der Waals surface area contributed by atoms with Gasteiger partial charge in [0.25, 0.3) is 0 Å². The highest BCUT2D eigenvalue weighted by Crippen LogP contribution is 2.69. The first-order chi connectivity index (χ1) is 13.9. The zero-order valence-corrected chi connectivity index (χ0v) is 19.7. The summed E-state index contributed by atoms with van der Waals surface area (Å²) < 4.78 is 0. The first-order valence-corrected chi connectivity index (χ1v) is 12.5. The van der Waals surface area contributed by atoms with Crippen LogP contribution in [-0.2, 0) is 4.79 Å². The van der Waals surface area contributed by atoms with Crippen LogP contribution >= 0.6 is 0 Å². The molecule has 4 fully saturated rings. The highest BCUT2D eigenvalue weighted by molar-refractivity contribution is 5.66. The lowest BCUT2D eigenvalue weighted by atomic mass is 9.42. The Kier molecular flexibility index (Phi) is 5.62. The van der Waals surface area contributed by atoms with Gasteiger partial charge in [0.05, 0.1) is 11.7 Å². The van der Waals surface area contributed by atoms with Crippen LogP contribution in [0.15, 0.2) is 0 Å². The van der Waals surface area contributed by atoms with Crippen molar-refractivity contribution in [3.05, 3.63) is 0 Å². The van der Waals surface area contributed by atoms with Crippen molar-refractivity contribution in [2.45, 2.75) is 104 Å². The molecule has 0 aromatic rings. The van der Waals surface area contributed by atoms with E-state index in [4.69, 9.17) is 5.11 Å². The summed E-state index contributed by atoms with van der Waals surface area (Å²) in [5.74, 6) is 2.51. The van der Waals surface area contributed by atoms with Gasteiger partial charge in [0, 0.05) is 6.42 Å². The smallest absolute Gasteiger partial charge is 0.303 e. The van der Waals surface area contributed by atoms with Crippen LogP contribution in [-0.4, -0.2) is 33.0 Å². The van der Waals surface area contributed by atoms with Gasteiger partial charge in [-0.3, -0.25) is 4.79 Å². The zero-order valence-electron chi connectivity index (χ0n) is 19.7. The Balaban J connectivity index is 1.58. The molecular weight excluding hydrogens is 376 g/mol. The number of aliphatic carboxylic acids is 1. The molecule has 172 valence electrons. The molecule has 0 aromatic heterocycles. The van der Waals surface area contributed by atoms with Gasteiger partial charge in [-0.2, -0.15) is 0 Å². The summed E-state index contributed by atoms with van der Waals surface area (Å²) in [5, 5.41) is 31.5. The third-order valence-corrected chi connectivity index (χ3v) is 11.1. The van der Waals surface area contributed by atoms with Gasteiger partial charge in [0.1, 0.15) is 0 Å². The first kappa shape index (κ1) is 22.6. The van der Waals surface area contributed by atoms with E-state index < -0.39 is 11.6 Å². The molecule has 30 heavy (non-hydrogen) atoms. The number of hydrogen-bond donors (Lipinski definition) is 3. The Labute approximate surface area is 182 Å². The van der Waals surface area contributed by atoms with Crippen LogP contribution in [0.25, 0.3) is 0 Å². The molecular formula is C26H44O4. The fourth-order valence-electron chi connectivity index (χ4n) is 9.26. The maximum Gasteiger partial charge on any atom is 0.303 e. The van der Waals surface area contributed by atoms with Gasteiger partial charge < -0.3 is 15.3 Å². The van der Waals surface area contributed by atoms with Crippen molar-refractivity contribution in [2.75, 3.05) is 0 Å². The number of rotatable bonds is 4. The predicted molar refractivity (Wildman–Crippen MR) is 118 cm³/mol. The van der Waals surface area contributed by atoms with Crippen molar-refractivity contribution in [1.29, 1.82) is 0 Å². The summed E-state index contributed by atoms with van der Waals surface area (Å²) in [6.07, 6.45) is 8.27. The van der Waals surface area contributed by atoms with Crippen LogP contribution in [0.3, 0.4) is 0 Å². The zero-order chi connectivity index (χ0) is 22.1. The highest BCUT2D eigenvalue weighted by Gasteiger charge is 2.64. The van der Waals surface area contributed by atoms with Crippen molar-refractivity contribution in [3.8, 4) is 0 Å². The molecule has 0 aliphatic heterocycles. The average Bonchev–Trinajstić information content (AvgIpc) is 2.99. The highest BCUT2D eigenvalue weighted by atomic mass is 16.4. The maximum absolute atomic E-state index is 11.4.